The molecule has 1 saturated heterocycles. The summed E-state index contributed by atoms with van der Waals surface area (Å²) in [5.74, 6) is -1.95. The van der Waals surface area contributed by atoms with E-state index in [1.807, 2.05) is 6.26 Å². The van der Waals surface area contributed by atoms with Crippen LogP contribution in [-0.2, 0) is 6.18 Å². The zero-order chi connectivity index (χ0) is 17.3. The van der Waals surface area contributed by atoms with E-state index < -0.39 is 12.1 Å². The highest BCUT2D eigenvalue weighted by Gasteiger charge is 2.40. The van der Waals surface area contributed by atoms with Gasteiger partial charge >= 0.3 is 12.1 Å². The van der Waals surface area contributed by atoms with Crippen LogP contribution in [0.5, 0.6) is 0 Å². The van der Waals surface area contributed by atoms with Gasteiger partial charge in [-0.1, -0.05) is 5.16 Å². The van der Waals surface area contributed by atoms with Crippen molar-refractivity contribution in [3.8, 4) is 0 Å². The number of carbonyl (C=O) groups is 1. The average Bonchev–Trinajstić information content (AvgIpc) is 3.22. The van der Waals surface area contributed by atoms with Crippen LogP contribution in [0.1, 0.15) is 34.4 Å². The van der Waals surface area contributed by atoms with Crippen molar-refractivity contribution in [1.29, 1.82) is 0 Å². The van der Waals surface area contributed by atoms with Gasteiger partial charge in [0.05, 0.1) is 5.56 Å². The van der Waals surface area contributed by atoms with Crippen LogP contribution in [0.2, 0.25) is 0 Å². The molecular weight excluding hydrogens is 345 g/mol. The van der Waals surface area contributed by atoms with Crippen LogP contribution in [-0.4, -0.2) is 45.3 Å². The van der Waals surface area contributed by atoms with Gasteiger partial charge in [0, 0.05) is 25.2 Å². The van der Waals surface area contributed by atoms with Crippen molar-refractivity contribution in [2.24, 2.45) is 0 Å². The number of pyridine rings is 1. The largest absolute Gasteiger partial charge is 0.471 e. The Labute approximate surface area is 139 Å². The molecule has 24 heavy (non-hydrogen) atoms. The van der Waals surface area contributed by atoms with Gasteiger partial charge in [0.15, 0.2) is 5.82 Å². The number of halogens is 3. The lowest BCUT2D eigenvalue weighted by molar-refractivity contribution is -0.159. The number of amides is 1. The molecule has 0 aromatic carbocycles. The molecule has 1 fully saturated rings. The van der Waals surface area contributed by atoms with Crippen LogP contribution in [0.3, 0.4) is 0 Å². The van der Waals surface area contributed by atoms with Gasteiger partial charge in [-0.25, -0.2) is 4.98 Å². The Hall–Kier alpha value is -2.10. The maximum Gasteiger partial charge on any atom is 0.471 e. The van der Waals surface area contributed by atoms with Crippen molar-refractivity contribution in [1.82, 2.24) is 20.0 Å². The Morgan fingerprint density at radius 2 is 2.25 bits per heavy atom. The lowest BCUT2D eigenvalue weighted by Gasteiger charge is -2.17. The minimum absolute atomic E-state index is 0.0195. The predicted molar refractivity (Wildman–Crippen MR) is 78.6 cm³/mol. The molecule has 1 aliphatic rings. The van der Waals surface area contributed by atoms with E-state index in [1.54, 1.807) is 23.2 Å². The molecule has 0 N–H and O–H groups in total. The Morgan fingerprint density at radius 3 is 2.92 bits per heavy atom. The van der Waals surface area contributed by atoms with Gasteiger partial charge in [-0.3, -0.25) is 4.79 Å². The summed E-state index contributed by atoms with van der Waals surface area (Å²) in [6, 6.07) is 3.36. The molecule has 0 unspecified atom stereocenters. The van der Waals surface area contributed by atoms with Gasteiger partial charge in [-0.05, 0) is 24.8 Å². The third-order valence-electron chi connectivity index (χ3n) is 3.72. The van der Waals surface area contributed by atoms with Gasteiger partial charge in [0.1, 0.15) is 5.03 Å². The van der Waals surface area contributed by atoms with Crippen molar-refractivity contribution in [3.63, 3.8) is 0 Å². The summed E-state index contributed by atoms with van der Waals surface area (Å²) in [5.41, 5.74) is 0.481. The Balaban J connectivity index is 1.73. The highest BCUT2D eigenvalue weighted by molar-refractivity contribution is 7.98. The second-order valence-electron chi connectivity index (χ2n) is 5.25. The topological polar surface area (TPSA) is 72.1 Å². The third kappa shape index (κ3) is 3.23. The lowest BCUT2D eigenvalue weighted by atomic mass is 10.1. The molecule has 2 aromatic rings. The van der Waals surface area contributed by atoms with E-state index in [0.29, 0.717) is 23.6 Å². The first-order valence-electron chi connectivity index (χ1n) is 7.09. The van der Waals surface area contributed by atoms with Crippen molar-refractivity contribution in [2.75, 3.05) is 19.3 Å². The van der Waals surface area contributed by atoms with Gasteiger partial charge in [-0.15, -0.1) is 11.8 Å². The molecule has 0 radical (unpaired) electrons. The van der Waals surface area contributed by atoms with Crippen molar-refractivity contribution < 1.29 is 22.5 Å². The fourth-order valence-electron chi connectivity index (χ4n) is 2.56. The first-order valence-corrected chi connectivity index (χ1v) is 8.31. The quantitative estimate of drug-likeness (QED) is 0.786. The summed E-state index contributed by atoms with van der Waals surface area (Å²) in [4.78, 5) is 21.7. The first-order chi connectivity index (χ1) is 11.4. The average molecular weight is 358 g/mol. The summed E-state index contributed by atoms with van der Waals surface area (Å²) in [5, 5.41) is 4.02. The maximum absolute atomic E-state index is 12.6. The van der Waals surface area contributed by atoms with E-state index >= 15 is 0 Å². The third-order valence-corrected chi connectivity index (χ3v) is 4.43. The number of carbonyl (C=O) groups excluding carboxylic acids is 1. The van der Waals surface area contributed by atoms with E-state index in [-0.39, 0.29) is 24.2 Å². The van der Waals surface area contributed by atoms with Gasteiger partial charge < -0.3 is 9.42 Å². The van der Waals surface area contributed by atoms with E-state index in [4.69, 9.17) is 0 Å². The first kappa shape index (κ1) is 16.7. The molecular formula is C14H13F3N4O2S. The Morgan fingerprint density at radius 1 is 1.46 bits per heavy atom. The molecule has 1 atom stereocenters. The summed E-state index contributed by atoms with van der Waals surface area (Å²) in [6.07, 6.45) is -0.753. The molecule has 128 valence electrons. The number of nitrogens with zero attached hydrogens (tertiary/aromatic N) is 4. The summed E-state index contributed by atoms with van der Waals surface area (Å²) in [7, 11) is 0. The fourth-order valence-corrected chi connectivity index (χ4v) is 3.10. The van der Waals surface area contributed by atoms with Gasteiger partial charge in [-0.2, -0.15) is 18.2 Å². The number of likely N-dealkylation sites (tertiary alicyclic amines) is 1. The molecule has 0 bridgehead atoms. The molecule has 1 amide bonds. The number of hydrogen-bond donors (Lipinski definition) is 0. The van der Waals surface area contributed by atoms with E-state index in [1.165, 1.54) is 11.8 Å². The molecule has 0 spiro atoms. The number of aromatic nitrogens is 3. The molecule has 0 aliphatic carbocycles. The van der Waals surface area contributed by atoms with Gasteiger partial charge in [0.25, 0.3) is 5.91 Å². The number of thioether (sulfide) groups is 1. The minimum atomic E-state index is -4.66. The zero-order valence-electron chi connectivity index (χ0n) is 12.6. The van der Waals surface area contributed by atoms with Crippen LogP contribution in [0.15, 0.2) is 27.9 Å². The Kier molecular flexibility index (Phi) is 4.48. The highest BCUT2D eigenvalue weighted by Crippen LogP contribution is 2.32. The van der Waals surface area contributed by atoms with Crippen LogP contribution in [0.25, 0.3) is 0 Å². The molecule has 6 nitrogen and oxygen atoms in total. The smallest absolute Gasteiger partial charge is 0.338 e. The standard InChI is InChI=1S/C14H13F3N4O2S/c1-24-11-9(3-2-5-18-11)12(22)21-6-4-8(7-21)10-19-13(23-20-10)14(15,16)17/h2-3,5,8H,4,6-7H2,1H3/t8-/m1/s1. The monoisotopic (exact) mass is 358 g/mol. The van der Waals surface area contributed by atoms with Gasteiger partial charge in [0.2, 0.25) is 0 Å². The SMILES string of the molecule is CSc1ncccc1C(=O)N1CC[C@@H](c2noc(C(F)(F)F)n2)C1. The molecule has 10 heteroatoms. The second-order valence-corrected chi connectivity index (χ2v) is 6.05. The zero-order valence-corrected chi connectivity index (χ0v) is 13.4. The van der Waals surface area contributed by atoms with Crippen molar-refractivity contribution in [2.45, 2.75) is 23.5 Å². The summed E-state index contributed by atoms with van der Waals surface area (Å²) < 4.78 is 41.8. The highest BCUT2D eigenvalue weighted by atomic mass is 32.2. The second kappa shape index (κ2) is 6.42. The minimum Gasteiger partial charge on any atom is -0.338 e. The molecule has 1 aliphatic heterocycles. The molecule has 3 rings (SSSR count). The number of rotatable bonds is 3. The summed E-state index contributed by atoms with van der Waals surface area (Å²) in [6.45, 7) is 0.667. The predicted octanol–water partition coefficient (Wildman–Crippen LogP) is 2.84. The summed E-state index contributed by atoms with van der Waals surface area (Å²) >= 11 is 1.36. The van der Waals surface area contributed by atoms with E-state index in [0.717, 1.165) is 0 Å². The lowest BCUT2D eigenvalue weighted by Crippen LogP contribution is -2.29. The Bertz CT molecular complexity index is 750. The van der Waals surface area contributed by atoms with E-state index in [2.05, 4.69) is 19.6 Å². The van der Waals surface area contributed by atoms with Crippen LogP contribution in [0.4, 0.5) is 13.2 Å². The molecule has 3 heterocycles. The fraction of sp³-hybridized carbons (Fsp3) is 0.429. The van der Waals surface area contributed by atoms with Crippen molar-refractivity contribution >= 4 is 17.7 Å². The van der Waals surface area contributed by atoms with E-state index in [9.17, 15) is 18.0 Å². The van der Waals surface area contributed by atoms with Crippen molar-refractivity contribution in [3.05, 3.63) is 35.6 Å². The van der Waals surface area contributed by atoms with Crippen LogP contribution in [0, 0.1) is 0 Å². The molecule has 2 aromatic heterocycles. The normalized spacial score (nSPS) is 18.2. The molecule has 0 saturated carbocycles. The maximum atomic E-state index is 12.6. The number of hydrogen-bond acceptors (Lipinski definition) is 6. The van der Waals surface area contributed by atoms with Crippen LogP contribution < -0.4 is 0 Å². The van der Waals surface area contributed by atoms with Crippen LogP contribution >= 0.6 is 11.8 Å². The number of alkyl halides is 3.